The van der Waals surface area contributed by atoms with Crippen molar-refractivity contribution in [2.24, 2.45) is 0 Å². The highest BCUT2D eigenvalue weighted by Crippen LogP contribution is 2.76. The van der Waals surface area contributed by atoms with Gasteiger partial charge in [0.05, 0.1) is 10.6 Å². The van der Waals surface area contributed by atoms with Gasteiger partial charge in [-0.15, -0.1) is 11.6 Å². The van der Waals surface area contributed by atoms with Crippen LogP contribution in [0.15, 0.2) is 10.6 Å². The first-order chi connectivity index (χ1) is 10.6. The quantitative estimate of drug-likeness (QED) is 0.362. The van der Waals surface area contributed by atoms with Crippen LogP contribution in [-0.2, 0) is 13.3 Å². The molecule has 0 spiro atoms. The lowest BCUT2D eigenvalue weighted by atomic mass is 10.0. The summed E-state index contributed by atoms with van der Waals surface area (Å²) in [5, 5.41) is 0.230. The number of fused-ring (bicyclic) bond motifs is 2. The number of hydrogen-bond acceptors (Lipinski definition) is 3. The van der Waals surface area contributed by atoms with E-state index in [1.54, 1.807) is 0 Å². The van der Waals surface area contributed by atoms with Crippen LogP contribution < -0.4 is 0 Å². The van der Waals surface area contributed by atoms with E-state index >= 15 is 0 Å². The normalized spacial score (nSPS) is 32.0. The van der Waals surface area contributed by atoms with Gasteiger partial charge in [0.25, 0.3) is 0 Å². The largest absolute Gasteiger partial charge is 0.511 e. The van der Waals surface area contributed by atoms with Crippen molar-refractivity contribution < 1.29 is 13.3 Å². The van der Waals surface area contributed by atoms with Crippen molar-refractivity contribution in [3.8, 4) is 0 Å². The van der Waals surface area contributed by atoms with E-state index in [1.807, 2.05) is 20.8 Å². The molecule has 23 heavy (non-hydrogen) atoms. The van der Waals surface area contributed by atoms with Crippen molar-refractivity contribution in [2.75, 3.05) is 19.8 Å². The summed E-state index contributed by atoms with van der Waals surface area (Å²) in [6.07, 6.45) is 0.250. The minimum absolute atomic E-state index is 0.230. The fraction of sp³-hybridized carbons (Fsp3) is 0.846. The summed E-state index contributed by atoms with van der Waals surface area (Å²) in [5.41, 5.74) is 0.0208. The molecule has 0 saturated heterocycles. The zero-order valence-corrected chi connectivity index (χ0v) is 18.4. The molecule has 2 atom stereocenters. The lowest BCUT2D eigenvalue weighted by Gasteiger charge is -2.47. The molecule has 0 heterocycles. The molecule has 3 nitrogen and oxygen atoms in total. The predicted octanol–water partition coefficient (Wildman–Crippen LogP) is 5.64. The molecule has 0 radical (unpaired) electrons. The minimum atomic E-state index is -3.31. The van der Waals surface area contributed by atoms with Crippen LogP contribution >= 0.6 is 69.6 Å². The van der Waals surface area contributed by atoms with Gasteiger partial charge in [0, 0.05) is 19.8 Å². The molecule has 0 aromatic carbocycles. The number of halogens is 6. The molecule has 1 fully saturated rings. The Labute approximate surface area is 167 Å². The Balaban J connectivity index is 2.62. The Morgan fingerprint density at radius 3 is 1.74 bits per heavy atom. The van der Waals surface area contributed by atoms with E-state index in [9.17, 15) is 0 Å². The van der Waals surface area contributed by atoms with Gasteiger partial charge in [0.2, 0.25) is 0 Å². The molecular weight excluding hydrogens is 445 g/mol. The fourth-order valence-corrected chi connectivity index (χ4v) is 9.83. The predicted molar refractivity (Wildman–Crippen MR) is 99.3 cm³/mol. The first-order valence-corrected chi connectivity index (χ1v) is 11.4. The molecule has 10 heteroatoms. The molecule has 134 valence electrons. The van der Waals surface area contributed by atoms with E-state index in [1.165, 1.54) is 0 Å². The Morgan fingerprint density at radius 1 is 0.957 bits per heavy atom. The van der Waals surface area contributed by atoms with E-state index in [-0.39, 0.29) is 11.5 Å². The van der Waals surface area contributed by atoms with Crippen molar-refractivity contribution >= 4 is 78.4 Å². The summed E-state index contributed by atoms with van der Waals surface area (Å²) in [7, 11) is -3.31. The molecule has 0 aromatic rings. The van der Waals surface area contributed by atoms with Gasteiger partial charge in [0.1, 0.15) is 4.87 Å². The van der Waals surface area contributed by atoms with Gasteiger partial charge in [-0.3, -0.25) is 0 Å². The standard InChI is InChI=1S/C13H18Cl6O3Si/c1-4-20-23(21-5-2,22-6-3)10-8-7-11(15,13(10,18)19)12(16,17)9(8)14/h10H,4-7H2,1-3H3. The number of alkyl halides is 5. The molecule has 2 rings (SSSR count). The van der Waals surface area contributed by atoms with Crippen LogP contribution in [0, 0.1) is 0 Å². The summed E-state index contributed by atoms with van der Waals surface area (Å²) in [4.78, 5) is -1.38. The molecule has 1 saturated carbocycles. The first kappa shape index (κ1) is 20.9. The van der Waals surface area contributed by atoms with Crippen LogP contribution in [0.2, 0.25) is 5.54 Å². The van der Waals surface area contributed by atoms with Gasteiger partial charge < -0.3 is 13.3 Å². The Hall–Kier alpha value is 1.58. The number of rotatable bonds is 7. The minimum Gasteiger partial charge on any atom is -0.373 e. The van der Waals surface area contributed by atoms with Crippen LogP contribution in [0.4, 0.5) is 0 Å². The molecule has 2 unspecified atom stereocenters. The van der Waals surface area contributed by atoms with Crippen molar-refractivity contribution in [3.63, 3.8) is 0 Å². The molecular formula is C13H18Cl6O3Si. The van der Waals surface area contributed by atoms with Gasteiger partial charge in [-0.25, -0.2) is 0 Å². The maximum Gasteiger partial charge on any atom is 0.511 e. The highest BCUT2D eigenvalue weighted by atomic mass is 35.5. The Kier molecular flexibility index (Phi) is 6.31. The van der Waals surface area contributed by atoms with Gasteiger partial charge in [-0.05, 0) is 32.8 Å². The van der Waals surface area contributed by atoms with E-state index in [0.29, 0.717) is 25.4 Å². The van der Waals surface area contributed by atoms with Crippen molar-refractivity contribution in [3.05, 3.63) is 10.6 Å². The molecule has 2 bridgehead atoms. The highest BCUT2D eigenvalue weighted by molar-refractivity contribution is 6.73. The number of allylic oxidation sites excluding steroid dienone is 2. The SMILES string of the molecule is CCO[Si](OCC)(OCC)C1C2=C(Cl)C(Cl)(Cl)C(Cl)(C2)C1(Cl)Cl. The Morgan fingerprint density at radius 2 is 1.39 bits per heavy atom. The Bertz CT molecular complexity index is 495. The van der Waals surface area contributed by atoms with Crippen molar-refractivity contribution in [1.82, 2.24) is 0 Å². The van der Waals surface area contributed by atoms with Crippen LogP contribution in [0.3, 0.4) is 0 Å². The maximum atomic E-state index is 6.68. The smallest absolute Gasteiger partial charge is 0.373 e. The molecule has 0 N–H and O–H groups in total. The average Bonchev–Trinajstić information content (AvgIpc) is 2.76. The zero-order chi connectivity index (χ0) is 17.7. The summed E-state index contributed by atoms with van der Waals surface area (Å²) in [5.74, 6) is 0. The van der Waals surface area contributed by atoms with Crippen molar-refractivity contribution in [2.45, 2.75) is 46.3 Å². The lowest BCUT2D eigenvalue weighted by Crippen LogP contribution is -2.61. The molecule has 0 amide bonds. The number of hydrogen-bond donors (Lipinski definition) is 0. The fourth-order valence-electron chi connectivity index (χ4n) is 3.24. The first-order valence-electron chi connectivity index (χ1n) is 7.31. The highest BCUT2D eigenvalue weighted by Gasteiger charge is 2.80. The van der Waals surface area contributed by atoms with E-state index < -0.39 is 27.9 Å². The summed E-state index contributed by atoms with van der Waals surface area (Å²) >= 11 is 39.1. The third-order valence-corrected chi connectivity index (χ3v) is 12.0. The second-order valence-corrected chi connectivity index (χ2v) is 11.7. The maximum absolute atomic E-state index is 6.68. The third kappa shape index (κ3) is 2.80. The second kappa shape index (κ2) is 6.95. The third-order valence-electron chi connectivity index (χ3n) is 4.12. The van der Waals surface area contributed by atoms with Gasteiger partial charge in [-0.1, -0.05) is 58.0 Å². The summed E-state index contributed by atoms with van der Waals surface area (Å²) in [6, 6.07) is 0. The summed E-state index contributed by atoms with van der Waals surface area (Å²) < 4.78 is 14.7. The topological polar surface area (TPSA) is 27.7 Å². The lowest BCUT2D eigenvalue weighted by molar-refractivity contribution is 0.0629. The van der Waals surface area contributed by atoms with E-state index in [4.69, 9.17) is 82.9 Å². The molecule has 2 aliphatic carbocycles. The van der Waals surface area contributed by atoms with E-state index in [2.05, 4.69) is 0 Å². The summed E-state index contributed by atoms with van der Waals surface area (Å²) in [6.45, 7) is 6.66. The van der Waals surface area contributed by atoms with Gasteiger partial charge in [0.15, 0.2) is 8.67 Å². The van der Waals surface area contributed by atoms with Crippen molar-refractivity contribution in [1.29, 1.82) is 0 Å². The monoisotopic (exact) mass is 460 g/mol. The van der Waals surface area contributed by atoms with Crippen LogP contribution in [0.1, 0.15) is 27.2 Å². The van der Waals surface area contributed by atoms with Crippen LogP contribution in [0.5, 0.6) is 0 Å². The molecule has 0 aromatic heterocycles. The van der Waals surface area contributed by atoms with Crippen LogP contribution in [0.25, 0.3) is 0 Å². The van der Waals surface area contributed by atoms with Gasteiger partial charge in [-0.2, -0.15) is 0 Å². The zero-order valence-electron chi connectivity index (χ0n) is 12.9. The van der Waals surface area contributed by atoms with Crippen LogP contribution in [-0.4, -0.2) is 42.2 Å². The molecule has 2 aliphatic rings. The van der Waals surface area contributed by atoms with Gasteiger partial charge >= 0.3 is 8.80 Å². The van der Waals surface area contributed by atoms with E-state index in [0.717, 1.165) is 0 Å². The average molecular weight is 463 g/mol. The second-order valence-electron chi connectivity index (χ2n) is 5.35. The molecule has 0 aliphatic heterocycles.